The van der Waals surface area contributed by atoms with Gasteiger partial charge in [0.25, 0.3) is 0 Å². The molecule has 0 atom stereocenters. The number of piperidine rings is 1. The SMILES string of the molecule is CCNC(=NCc1ccccc1OC(F)F)N1CCC(OCCCOC)CC1. The first kappa shape index (κ1) is 22.4. The quantitative estimate of drug-likeness (QED) is 0.372. The summed E-state index contributed by atoms with van der Waals surface area (Å²) < 4.78 is 40.7. The number of rotatable bonds is 10. The van der Waals surface area contributed by atoms with Gasteiger partial charge in [-0.05, 0) is 32.3 Å². The maximum Gasteiger partial charge on any atom is 0.387 e. The van der Waals surface area contributed by atoms with E-state index in [2.05, 4.69) is 19.9 Å². The number of methoxy groups -OCH3 is 1. The summed E-state index contributed by atoms with van der Waals surface area (Å²) in [6, 6.07) is 6.76. The first-order valence-corrected chi connectivity index (χ1v) is 9.80. The zero-order valence-corrected chi connectivity index (χ0v) is 16.7. The average molecular weight is 399 g/mol. The Morgan fingerprint density at radius 3 is 2.68 bits per heavy atom. The Labute approximate surface area is 165 Å². The van der Waals surface area contributed by atoms with Crippen LogP contribution in [0.5, 0.6) is 5.75 Å². The Kier molecular flexibility index (Phi) is 9.99. The second-order valence-corrected chi connectivity index (χ2v) is 6.56. The summed E-state index contributed by atoms with van der Waals surface area (Å²) in [5.74, 6) is 0.951. The molecule has 0 amide bonds. The molecule has 0 aromatic heterocycles. The van der Waals surface area contributed by atoms with Gasteiger partial charge in [0, 0.05) is 45.5 Å². The van der Waals surface area contributed by atoms with Crippen molar-refractivity contribution >= 4 is 5.96 Å². The highest BCUT2D eigenvalue weighted by Gasteiger charge is 2.22. The number of alkyl halides is 2. The predicted octanol–water partition coefficient (Wildman–Crippen LogP) is 3.27. The van der Waals surface area contributed by atoms with Gasteiger partial charge in [0.2, 0.25) is 0 Å². The van der Waals surface area contributed by atoms with Gasteiger partial charge in [-0.15, -0.1) is 0 Å². The van der Waals surface area contributed by atoms with E-state index in [0.717, 1.165) is 44.9 Å². The summed E-state index contributed by atoms with van der Waals surface area (Å²) in [6.45, 7) is 3.29. The molecule has 0 aliphatic carbocycles. The van der Waals surface area contributed by atoms with Gasteiger partial charge in [0.05, 0.1) is 12.6 Å². The van der Waals surface area contributed by atoms with Crippen LogP contribution in [0.1, 0.15) is 31.7 Å². The highest BCUT2D eigenvalue weighted by molar-refractivity contribution is 5.80. The summed E-state index contributed by atoms with van der Waals surface area (Å²) in [5.41, 5.74) is 0.634. The third-order valence-electron chi connectivity index (χ3n) is 4.51. The fourth-order valence-electron chi connectivity index (χ4n) is 3.12. The molecule has 0 radical (unpaired) electrons. The smallest absolute Gasteiger partial charge is 0.387 e. The highest BCUT2D eigenvalue weighted by atomic mass is 19.3. The minimum absolute atomic E-state index is 0.167. The molecular formula is C20H31F2N3O3. The molecule has 1 aliphatic rings. The minimum Gasteiger partial charge on any atom is -0.434 e. The molecular weight excluding hydrogens is 368 g/mol. The van der Waals surface area contributed by atoms with E-state index in [9.17, 15) is 8.78 Å². The summed E-state index contributed by atoms with van der Waals surface area (Å²) in [6.07, 6.45) is 3.03. The molecule has 1 N–H and O–H groups in total. The molecule has 0 bridgehead atoms. The number of aliphatic imine (C=N–C) groups is 1. The van der Waals surface area contributed by atoms with Crippen LogP contribution in [0, 0.1) is 0 Å². The summed E-state index contributed by atoms with van der Waals surface area (Å²) in [5, 5.41) is 3.29. The standard InChI is InChI=1S/C20H31F2N3O3/c1-3-23-20(24-15-16-7-4-5-8-18(16)28-19(21)22)25-11-9-17(10-12-25)27-14-6-13-26-2/h4-5,7-8,17,19H,3,6,9-15H2,1-2H3,(H,23,24). The maximum atomic E-state index is 12.6. The van der Waals surface area contributed by atoms with Crippen molar-refractivity contribution in [2.45, 2.75) is 45.4 Å². The number of nitrogens with zero attached hydrogens (tertiary/aromatic N) is 2. The van der Waals surface area contributed by atoms with Crippen LogP contribution in [0.3, 0.4) is 0 Å². The van der Waals surface area contributed by atoms with Crippen molar-refractivity contribution in [2.75, 3.05) is 40.0 Å². The van der Waals surface area contributed by atoms with Crippen molar-refractivity contribution in [3.8, 4) is 5.75 Å². The lowest BCUT2D eigenvalue weighted by Crippen LogP contribution is -2.47. The largest absolute Gasteiger partial charge is 0.434 e. The van der Waals surface area contributed by atoms with Gasteiger partial charge in [0.1, 0.15) is 5.75 Å². The van der Waals surface area contributed by atoms with E-state index in [1.807, 2.05) is 6.92 Å². The third kappa shape index (κ3) is 7.59. The molecule has 158 valence electrons. The second-order valence-electron chi connectivity index (χ2n) is 6.56. The van der Waals surface area contributed by atoms with Crippen LogP contribution in [0.15, 0.2) is 29.3 Å². The number of para-hydroxylation sites is 1. The predicted molar refractivity (Wildman–Crippen MR) is 105 cm³/mol. The number of benzene rings is 1. The normalized spacial score (nSPS) is 15.9. The molecule has 1 aliphatic heterocycles. The van der Waals surface area contributed by atoms with Gasteiger partial charge in [-0.3, -0.25) is 0 Å². The van der Waals surface area contributed by atoms with Crippen LogP contribution in [-0.2, 0) is 16.0 Å². The number of likely N-dealkylation sites (tertiary alicyclic amines) is 1. The first-order chi connectivity index (χ1) is 13.6. The lowest BCUT2D eigenvalue weighted by Gasteiger charge is -2.34. The molecule has 6 nitrogen and oxygen atoms in total. The van der Waals surface area contributed by atoms with E-state index in [-0.39, 0.29) is 18.4 Å². The number of hydrogen-bond acceptors (Lipinski definition) is 4. The van der Waals surface area contributed by atoms with Gasteiger partial charge >= 0.3 is 6.61 Å². The van der Waals surface area contributed by atoms with E-state index >= 15 is 0 Å². The lowest BCUT2D eigenvalue weighted by molar-refractivity contribution is -0.0504. The second kappa shape index (κ2) is 12.5. The zero-order chi connectivity index (χ0) is 20.2. The molecule has 1 aromatic rings. The Bertz CT molecular complexity index is 594. The molecule has 0 spiro atoms. The molecule has 28 heavy (non-hydrogen) atoms. The molecule has 1 saturated heterocycles. The van der Waals surface area contributed by atoms with Crippen LogP contribution in [-0.4, -0.2) is 63.5 Å². The van der Waals surface area contributed by atoms with Crippen molar-refractivity contribution in [2.24, 2.45) is 4.99 Å². The fraction of sp³-hybridized carbons (Fsp3) is 0.650. The van der Waals surface area contributed by atoms with E-state index in [1.54, 1.807) is 25.3 Å². The Morgan fingerprint density at radius 2 is 2.00 bits per heavy atom. The van der Waals surface area contributed by atoms with Crippen LogP contribution in [0.25, 0.3) is 0 Å². The van der Waals surface area contributed by atoms with Gasteiger partial charge in [0.15, 0.2) is 5.96 Å². The van der Waals surface area contributed by atoms with Gasteiger partial charge in [-0.25, -0.2) is 4.99 Å². The number of ether oxygens (including phenoxy) is 3. The van der Waals surface area contributed by atoms with E-state index in [1.165, 1.54) is 6.07 Å². The molecule has 2 rings (SSSR count). The fourth-order valence-corrected chi connectivity index (χ4v) is 3.12. The van der Waals surface area contributed by atoms with Crippen molar-refractivity contribution in [1.29, 1.82) is 0 Å². The van der Waals surface area contributed by atoms with Gasteiger partial charge in [-0.2, -0.15) is 8.78 Å². The summed E-state index contributed by atoms with van der Waals surface area (Å²) in [4.78, 5) is 6.83. The molecule has 1 heterocycles. The Balaban J connectivity index is 1.91. The van der Waals surface area contributed by atoms with Crippen LogP contribution < -0.4 is 10.1 Å². The molecule has 1 fully saturated rings. The van der Waals surface area contributed by atoms with Crippen LogP contribution in [0.4, 0.5) is 8.78 Å². The highest BCUT2D eigenvalue weighted by Crippen LogP contribution is 2.21. The van der Waals surface area contributed by atoms with E-state index < -0.39 is 6.61 Å². The van der Waals surface area contributed by atoms with Crippen LogP contribution >= 0.6 is 0 Å². The number of halogens is 2. The summed E-state index contributed by atoms with van der Waals surface area (Å²) >= 11 is 0. The Hall–Kier alpha value is -1.93. The molecule has 1 aromatic carbocycles. The summed E-state index contributed by atoms with van der Waals surface area (Å²) in [7, 11) is 1.69. The van der Waals surface area contributed by atoms with Crippen molar-refractivity contribution in [1.82, 2.24) is 10.2 Å². The van der Waals surface area contributed by atoms with E-state index in [4.69, 9.17) is 9.47 Å². The number of guanidine groups is 1. The van der Waals surface area contributed by atoms with Crippen molar-refractivity contribution < 1.29 is 23.0 Å². The van der Waals surface area contributed by atoms with E-state index in [0.29, 0.717) is 18.8 Å². The number of hydrogen-bond donors (Lipinski definition) is 1. The zero-order valence-electron chi connectivity index (χ0n) is 16.7. The number of nitrogens with one attached hydrogen (secondary N) is 1. The van der Waals surface area contributed by atoms with Crippen molar-refractivity contribution in [3.05, 3.63) is 29.8 Å². The minimum atomic E-state index is -2.85. The molecule has 0 saturated carbocycles. The Morgan fingerprint density at radius 1 is 1.25 bits per heavy atom. The first-order valence-electron chi connectivity index (χ1n) is 9.80. The maximum absolute atomic E-state index is 12.6. The van der Waals surface area contributed by atoms with Gasteiger partial charge in [-0.1, -0.05) is 18.2 Å². The average Bonchev–Trinajstić information content (AvgIpc) is 2.70. The van der Waals surface area contributed by atoms with Gasteiger partial charge < -0.3 is 24.4 Å². The topological polar surface area (TPSA) is 55.3 Å². The monoisotopic (exact) mass is 399 g/mol. The molecule has 0 unspecified atom stereocenters. The lowest BCUT2D eigenvalue weighted by atomic mass is 10.1. The van der Waals surface area contributed by atoms with Crippen LogP contribution in [0.2, 0.25) is 0 Å². The third-order valence-corrected chi connectivity index (χ3v) is 4.51. The van der Waals surface area contributed by atoms with Crippen molar-refractivity contribution in [3.63, 3.8) is 0 Å². The molecule has 8 heteroatoms.